The lowest BCUT2D eigenvalue weighted by Crippen LogP contribution is -2.48. The number of halogens is 1. The molecule has 1 amide bonds. The van der Waals surface area contributed by atoms with Gasteiger partial charge in [0.1, 0.15) is 0 Å². The van der Waals surface area contributed by atoms with Gasteiger partial charge in [-0.05, 0) is 17.7 Å². The predicted octanol–water partition coefficient (Wildman–Crippen LogP) is 1.37. The highest BCUT2D eigenvalue weighted by atomic mass is 79.9. The van der Waals surface area contributed by atoms with Gasteiger partial charge in [-0.15, -0.1) is 0 Å². The van der Waals surface area contributed by atoms with E-state index in [0.717, 1.165) is 17.1 Å². The molecular weight excluding hydrogens is 314 g/mol. The SMILES string of the molecule is COC(=O)[C@@H]1C(=O)C[C@@H](c2ccc(Br)cc2)NC1=O. The van der Waals surface area contributed by atoms with Crippen LogP contribution in [0.5, 0.6) is 0 Å². The maximum absolute atomic E-state index is 11.9. The summed E-state index contributed by atoms with van der Waals surface area (Å²) in [4.78, 5) is 35.1. The minimum atomic E-state index is -1.34. The highest BCUT2D eigenvalue weighted by molar-refractivity contribution is 9.10. The number of hydrogen-bond donors (Lipinski definition) is 1. The molecule has 0 saturated carbocycles. The highest BCUT2D eigenvalue weighted by Gasteiger charge is 2.41. The van der Waals surface area contributed by atoms with Gasteiger partial charge >= 0.3 is 5.97 Å². The highest BCUT2D eigenvalue weighted by Crippen LogP contribution is 2.25. The molecule has 0 aromatic heterocycles. The van der Waals surface area contributed by atoms with Gasteiger partial charge in [0, 0.05) is 10.9 Å². The van der Waals surface area contributed by atoms with Crippen molar-refractivity contribution in [2.75, 3.05) is 7.11 Å². The van der Waals surface area contributed by atoms with Crippen LogP contribution >= 0.6 is 15.9 Å². The van der Waals surface area contributed by atoms with Crippen molar-refractivity contribution in [3.05, 3.63) is 34.3 Å². The average Bonchev–Trinajstić information content (AvgIpc) is 2.38. The van der Waals surface area contributed by atoms with Gasteiger partial charge in [-0.2, -0.15) is 0 Å². The van der Waals surface area contributed by atoms with Crippen LogP contribution in [0.3, 0.4) is 0 Å². The Hall–Kier alpha value is -1.69. The molecule has 1 aliphatic rings. The molecule has 5 nitrogen and oxygen atoms in total. The second kappa shape index (κ2) is 5.52. The molecular formula is C13H12BrNO4. The zero-order valence-electron chi connectivity index (χ0n) is 10.2. The number of carbonyl (C=O) groups is 3. The van der Waals surface area contributed by atoms with E-state index in [9.17, 15) is 14.4 Å². The van der Waals surface area contributed by atoms with Gasteiger partial charge in [0.2, 0.25) is 5.91 Å². The van der Waals surface area contributed by atoms with Crippen molar-refractivity contribution in [2.45, 2.75) is 12.5 Å². The molecule has 1 N–H and O–H groups in total. The van der Waals surface area contributed by atoms with Crippen LogP contribution in [-0.2, 0) is 19.1 Å². The molecule has 1 aromatic rings. The number of esters is 1. The summed E-state index contributed by atoms with van der Waals surface area (Å²) in [7, 11) is 1.16. The van der Waals surface area contributed by atoms with Crippen molar-refractivity contribution in [3.8, 4) is 0 Å². The fraction of sp³-hybridized carbons (Fsp3) is 0.308. The Morgan fingerprint density at radius 2 is 1.95 bits per heavy atom. The number of hydrogen-bond acceptors (Lipinski definition) is 4. The molecule has 0 spiro atoms. The smallest absolute Gasteiger partial charge is 0.325 e. The van der Waals surface area contributed by atoms with Crippen LogP contribution in [0.1, 0.15) is 18.0 Å². The summed E-state index contributed by atoms with van der Waals surface area (Å²) in [5.74, 6) is -3.16. The van der Waals surface area contributed by atoms with Crippen LogP contribution < -0.4 is 5.32 Å². The van der Waals surface area contributed by atoms with Crippen molar-refractivity contribution in [2.24, 2.45) is 5.92 Å². The van der Waals surface area contributed by atoms with Gasteiger partial charge in [0.05, 0.1) is 13.2 Å². The molecule has 100 valence electrons. The van der Waals surface area contributed by atoms with Gasteiger partial charge < -0.3 is 10.1 Å². The number of carbonyl (C=O) groups excluding carboxylic acids is 3. The van der Waals surface area contributed by atoms with Crippen LogP contribution in [-0.4, -0.2) is 24.8 Å². The lowest BCUT2D eigenvalue weighted by atomic mass is 9.89. The zero-order valence-corrected chi connectivity index (χ0v) is 11.8. The van der Waals surface area contributed by atoms with Crippen molar-refractivity contribution >= 4 is 33.6 Å². The fourth-order valence-corrected chi connectivity index (χ4v) is 2.29. The molecule has 1 saturated heterocycles. The molecule has 2 rings (SSSR count). The first-order chi connectivity index (χ1) is 9.02. The number of piperidine rings is 1. The number of benzene rings is 1. The number of nitrogens with one attached hydrogen (secondary N) is 1. The minimum absolute atomic E-state index is 0.0904. The second-order valence-electron chi connectivity index (χ2n) is 4.24. The maximum atomic E-state index is 11.9. The van der Waals surface area contributed by atoms with Crippen LogP contribution in [0, 0.1) is 5.92 Å². The van der Waals surface area contributed by atoms with Gasteiger partial charge in [-0.1, -0.05) is 28.1 Å². The standard InChI is InChI=1S/C13H12BrNO4/c1-19-13(18)11-10(16)6-9(15-12(11)17)7-2-4-8(14)5-3-7/h2-5,9,11H,6H2,1H3,(H,15,17)/t9-,11+/m0/s1. The van der Waals surface area contributed by atoms with Crippen LogP contribution in [0.25, 0.3) is 0 Å². The Morgan fingerprint density at radius 3 is 2.47 bits per heavy atom. The largest absolute Gasteiger partial charge is 0.468 e. The minimum Gasteiger partial charge on any atom is -0.468 e. The molecule has 6 heteroatoms. The van der Waals surface area contributed by atoms with E-state index in [0.29, 0.717) is 0 Å². The molecule has 2 atom stereocenters. The predicted molar refractivity (Wildman–Crippen MR) is 70.2 cm³/mol. The molecule has 0 aliphatic carbocycles. The van der Waals surface area contributed by atoms with Crippen LogP contribution in [0.15, 0.2) is 28.7 Å². The molecule has 1 aromatic carbocycles. The van der Waals surface area contributed by atoms with Crippen molar-refractivity contribution in [1.29, 1.82) is 0 Å². The third kappa shape index (κ3) is 2.84. The summed E-state index contributed by atoms with van der Waals surface area (Å²) in [6.07, 6.45) is 0.0904. The van der Waals surface area contributed by atoms with E-state index in [2.05, 4.69) is 26.0 Å². The van der Waals surface area contributed by atoms with E-state index in [4.69, 9.17) is 0 Å². The lowest BCUT2D eigenvalue weighted by Gasteiger charge is -2.27. The summed E-state index contributed by atoms with van der Waals surface area (Å²) in [5, 5.41) is 2.67. The normalized spacial score (nSPS) is 22.8. The first kappa shape index (κ1) is 13.7. The van der Waals surface area contributed by atoms with E-state index in [1.165, 1.54) is 0 Å². The molecule has 1 aliphatic heterocycles. The molecule has 1 heterocycles. The first-order valence-electron chi connectivity index (χ1n) is 5.69. The van der Waals surface area contributed by atoms with E-state index in [1.54, 1.807) is 0 Å². The van der Waals surface area contributed by atoms with Crippen LogP contribution in [0.4, 0.5) is 0 Å². The van der Waals surface area contributed by atoms with Crippen molar-refractivity contribution in [1.82, 2.24) is 5.32 Å². The van der Waals surface area contributed by atoms with Gasteiger partial charge in [0.15, 0.2) is 11.7 Å². The van der Waals surface area contributed by atoms with Gasteiger partial charge in [0.25, 0.3) is 0 Å². The van der Waals surface area contributed by atoms with E-state index in [-0.39, 0.29) is 6.42 Å². The Kier molecular flexibility index (Phi) is 3.99. The molecule has 1 fully saturated rings. The number of ether oxygens (including phenoxy) is 1. The summed E-state index contributed by atoms with van der Waals surface area (Å²) in [6, 6.07) is 6.91. The fourth-order valence-electron chi connectivity index (χ4n) is 2.02. The van der Waals surface area contributed by atoms with E-state index < -0.39 is 29.6 Å². The molecule has 0 radical (unpaired) electrons. The Bertz CT molecular complexity index is 508. The third-order valence-corrected chi connectivity index (χ3v) is 3.54. The summed E-state index contributed by atoms with van der Waals surface area (Å²) in [6.45, 7) is 0. The number of ketones is 1. The Balaban J connectivity index is 2.18. The van der Waals surface area contributed by atoms with Gasteiger partial charge in [-0.25, -0.2) is 0 Å². The van der Waals surface area contributed by atoms with Crippen molar-refractivity contribution < 1.29 is 19.1 Å². The van der Waals surface area contributed by atoms with Crippen molar-refractivity contribution in [3.63, 3.8) is 0 Å². The number of rotatable bonds is 2. The topological polar surface area (TPSA) is 72.5 Å². The summed E-state index contributed by atoms with van der Waals surface area (Å²) in [5.41, 5.74) is 0.827. The maximum Gasteiger partial charge on any atom is 0.325 e. The van der Waals surface area contributed by atoms with Gasteiger partial charge in [-0.3, -0.25) is 14.4 Å². The molecule has 0 unspecified atom stereocenters. The Labute approximate surface area is 118 Å². The monoisotopic (exact) mass is 325 g/mol. The zero-order chi connectivity index (χ0) is 14.0. The average molecular weight is 326 g/mol. The van der Waals surface area contributed by atoms with E-state index in [1.807, 2.05) is 24.3 Å². The quantitative estimate of drug-likeness (QED) is 0.658. The summed E-state index contributed by atoms with van der Waals surface area (Å²) < 4.78 is 5.37. The molecule has 0 bridgehead atoms. The molecule has 19 heavy (non-hydrogen) atoms. The third-order valence-electron chi connectivity index (χ3n) is 3.02. The Morgan fingerprint density at radius 1 is 1.32 bits per heavy atom. The number of amides is 1. The van der Waals surface area contributed by atoms with Crippen LogP contribution in [0.2, 0.25) is 0 Å². The lowest BCUT2D eigenvalue weighted by molar-refractivity contribution is -0.155. The number of methoxy groups -OCH3 is 1. The number of Topliss-reactive ketones (excluding diaryl/α,β-unsaturated/α-hetero) is 1. The first-order valence-corrected chi connectivity index (χ1v) is 6.48. The summed E-state index contributed by atoms with van der Waals surface area (Å²) >= 11 is 3.32. The second-order valence-corrected chi connectivity index (χ2v) is 5.16. The van der Waals surface area contributed by atoms with E-state index >= 15 is 0 Å².